The third-order valence-corrected chi connectivity index (χ3v) is 6.37. The first-order chi connectivity index (χ1) is 14.9. The second-order valence-corrected chi connectivity index (χ2v) is 8.98. The largest absolute Gasteiger partial charge is 0.494 e. The van der Waals surface area contributed by atoms with Crippen molar-refractivity contribution in [1.82, 2.24) is 5.43 Å². The first kappa shape index (κ1) is 22.6. The van der Waals surface area contributed by atoms with E-state index < -0.39 is 22.5 Å². The number of nitrogens with zero attached hydrogens (tertiary/aromatic N) is 2. The molecule has 31 heavy (non-hydrogen) atoms. The quantitative estimate of drug-likeness (QED) is 0.352. The van der Waals surface area contributed by atoms with E-state index >= 15 is 0 Å². The van der Waals surface area contributed by atoms with Gasteiger partial charge in [0.1, 0.15) is 18.1 Å². The number of rotatable bonds is 9. The van der Waals surface area contributed by atoms with Gasteiger partial charge in [0.25, 0.3) is 15.9 Å². The average Bonchev–Trinajstić information content (AvgIpc) is 3.27. The minimum absolute atomic E-state index is 0.0523. The number of hydrogen-bond donors (Lipinski definition) is 1. The van der Waals surface area contributed by atoms with Crippen molar-refractivity contribution in [2.45, 2.75) is 11.8 Å². The Morgan fingerprint density at radius 3 is 2.48 bits per heavy atom. The van der Waals surface area contributed by atoms with Crippen molar-refractivity contribution in [3.05, 3.63) is 77.2 Å². The van der Waals surface area contributed by atoms with Gasteiger partial charge >= 0.3 is 0 Å². The monoisotopic (exact) mass is 505 g/mol. The molecule has 0 aliphatic rings. The van der Waals surface area contributed by atoms with Crippen LogP contribution in [0.3, 0.4) is 0 Å². The Hall–Kier alpha value is -3.11. The van der Waals surface area contributed by atoms with Crippen LogP contribution in [-0.4, -0.2) is 33.7 Å². The lowest BCUT2D eigenvalue weighted by Crippen LogP contribution is -2.39. The lowest BCUT2D eigenvalue weighted by molar-refractivity contribution is -0.119. The molecule has 0 fully saturated rings. The number of nitrogens with one attached hydrogen (secondary N) is 1. The Balaban J connectivity index is 1.86. The van der Waals surface area contributed by atoms with Crippen molar-refractivity contribution in [2.75, 3.05) is 17.5 Å². The van der Waals surface area contributed by atoms with Gasteiger partial charge in [0.05, 0.1) is 29.7 Å². The Bertz CT molecular complexity index is 1130. The summed E-state index contributed by atoms with van der Waals surface area (Å²) in [6.45, 7) is 1.87. The van der Waals surface area contributed by atoms with Crippen LogP contribution in [0.4, 0.5) is 5.69 Å². The number of halogens is 1. The number of ether oxygens (including phenoxy) is 1. The van der Waals surface area contributed by atoms with Crippen LogP contribution in [0.2, 0.25) is 0 Å². The summed E-state index contributed by atoms with van der Waals surface area (Å²) in [5.41, 5.74) is 2.63. The van der Waals surface area contributed by atoms with E-state index in [1.807, 2.05) is 6.92 Å². The van der Waals surface area contributed by atoms with Crippen LogP contribution in [0.5, 0.6) is 5.75 Å². The minimum atomic E-state index is -4.02. The number of carbonyl (C=O) groups is 1. The maximum Gasteiger partial charge on any atom is 0.264 e. The van der Waals surface area contributed by atoms with E-state index in [0.29, 0.717) is 23.8 Å². The number of furan rings is 1. The number of hydrogen-bond acceptors (Lipinski definition) is 6. The molecule has 1 amide bonds. The van der Waals surface area contributed by atoms with Gasteiger partial charge in [-0.05, 0) is 67.6 Å². The zero-order valence-corrected chi connectivity index (χ0v) is 19.0. The second kappa shape index (κ2) is 10.3. The summed E-state index contributed by atoms with van der Waals surface area (Å²) in [5.74, 6) is 0.434. The van der Waals surface area contributed by atoms with Gasteiger partial charge in [-0.3, -0.25) is 9.10 Å². The van der Waals surface area contributed by atoms with Crippen molar-refractivity contribution >= 4 is 43.8 Å². The van der Waals surface area contributed by atoms with Gasteiger partial charge in [0.15, 0.2) is 0 Å². The molecule has 1 aromatic heterocycles. The number of amides is 1. The van der Waals surface area contributed by atoms with Crippen molar-refractivity contribution in [3.8, 4) is 5.75 Å². The molecule has 0 atom stereocenters. The fourth-order valence-corrected chi connectivity index (χ4v) is 4.31. The van der Waals surface area contributed by atoms with Crippen LogP contribution >= 0.6 is 15.9 Å². The molecule has 8 nitrogen and oxygen atoms in total. The fraction of sp³-hybridized carbons (Fsp3) is 0.143. The Kier molecular flexibility index (Phi) is 7.48. The van der Waals surface area contributed by atoms with Crippen LogP contribution in [0.15, 0.2) is 85.8 Å². The average molecular weight is 506 g/mol. The smallest absolute Gasteiger partial charge is 0.264 e. The summed E-state index contributed by atoms with van der Waals surface area (Å²) in [6.07, 6.45) is 2.80. The number of anilines is 1. The molecule has 0 aliphatic heterocycles. The zero-order chi connectivity index (χ0) is 22.3. The molecule has 3 rings (SSSR count). The van der Waals surface area contributed by atoms with Gasteiger partial charge in [0, 0.05) is 4.47 Å². The Morgan fingerprint density at radius 1 is 1.16 bits per heavy atom. The predicted octanol–water partition coefficient (Wildman–Crippen LogP) is 3.79. The zero-order valence-electron chi connectivity index (χ0n) is 16.6. The summed E-state index contributed by atoms with van der Waals surface area (Å²) in [5, 5.41) is 3.80. The third-order valence-electron chi connectivity index (χ3n) is 4.05. The van der Waals surface area contributed by atoms with Gasteiger partial charge < -0.3 is 9.15 Å². The summed E-state index contributed by atoms with van der Waals surface area (Å²) < 4.78 is 38.9. The molecule has 3 aromatic rings. The molecule has 0 spiro atoms. The summed E-state index contributed by atoms with van der Waals surface area (Å²) >= 11 is 3.29. The number of carbonyl (C=O) groups excluding carboxylic acids is 1. The molecular weight excluding hydrogens is 486 g/mol. The first-order valence-electron chi connectivity index (χ1n) is 9.26. The van der Waals surface area contributed by atoms with Crippen LogP contribution in [0.25, 0.3) is 0 Å². The number of sulfonamides is 1. The van der Waals surface area contributed by atoms with E-state index in [2.05, 4.69) is 26.5 Å². The minimum Gasteiger partial charge on any atom is -0.494 e. The Morgan fingerprint density at radius 2 is 1.87 bits per heavy atom. The molecule has 1 N–H and O–H groups in total. The normalized spacial score (nSPS) is 11.4. The maximum atomic E-state index is 13.3. The summed E-state index contributed by atoms with van der Waals surface area (Å²) in [6, 6.07) is 16.0. The van der Waals surface area contributed by atoms with Gasteiger partial charge in [-0.15, -0.1) is 0 Å². The van der Waals surface area contributed by atoms with E-state index in [-0.39, 0.29) is 4.90 Å². The Labute approximate surface area is 188 Å². The summed E-state index contributed by atoms with van der Waals surface area (Å²) in [7, 11) is -4.02. The summed E-state index contributed by atoms with van der Waals surface area (Å²) in [4.78, 5) is 12.5. The number of hydrazone groups is 1. The SMILES string of the molecule is CCOc1ccc(N(CC(=O)N/N=C\c2ccco2)S(=O)(=O)c2ccc(Br)cc2)cc1. The van der Waals surface area contributed by atoms with E-state index in [0.717, 1.165) is 8.78 Å². The van der Waals surface area contributed by atoms with E-state index in [4.69, 9.17) is 9.15 Å². The van der Waals surface area contributed by atoms with Crippen molar-refractivity contribution in [3.63, 3.8) is 0 Å². The highest BCUT2D eigenvalue weighted by atomic mass is 79.9. The van der Waals surface area contributed by atoms with Gasteiger partial charge in [-0.1, -0.05) is 15.9 Å². The molecule has 0 saturated carbocycles. The molecule has 0 bridgehead atoms. The standard InChI is InChI=1S/C21H20BrN3O5S/c1-2-29-18-9-7-17(8-10-18)25(31(27,28)20-11-5-16(22)6-12-20)15-21(26)24-23-14-19-4-3-13-30-19/h3-14H,2,15H2,1H3,(H,24,26)/b23-14-. The van der Waals surface area contributed by atoms with Crippen molar-refractivity contribution < 1.29 is 22.4 Å². The molecule has 1 heterocycles. The second-order valence-electron chi connectivity index (χ2n) is 6.20. The van der Waals surface area contributed by atoms with Crippen LogP contribution < -0.4 is 14.5 Å². The van der Waals surface area contributed by atoms with Gasteiger partial charge in [-0.25, -0.2) is 13.8 Å². The predicted molar refractivity (Wildman–Crippen MR) is 121 cm³/mol. The van der Waals surface area contributed by atoms with E-state index in [1.54, 1.807) is 48.5 Å². The van der Waals surface area contributed by atoms with Crippen LogP contribution in [0.1, 0.15) is 12.7 Å². The van der Waals surface area contributed by atoms with Crippen LogP contribution in [0, 0.1) is 0 Å². The number of benzene rings is 2. The molecule has 0 saturated heterocycles. The molecule has 2 aromatic carbocycles. The van der Waals surface area contributed by atoms with E-state index in [1.165, 1.54) is 24.6 Å². The fourth-order valence-electron chi connectivity index (χ4n) is 2.62. The molecule has 0 aliphatic carbocycles. The van der Waals surface area contributed by atoms with Crippen molar-refractivity contribution in [2.24, 2.45) is 5.10 Å². The third kappa shape index (κ3) is 5.96. The molecule has 0 radical (unpaired) electrons. The van der Waals surface area contributed by atoms with E-state index in [9.17, 15) is 13.2 Å². The highest BCUT2D eigenvalue weighted by molar-refractivity contribution is 9.10. The van der Waals surface area contributed by atoms with Gasteiger partial charge in [-0.2, -0.15) is 5.10 Å². The topological polar surface area (TPSA) is 101 Å². The lowest BCUT2D eigenvalue weighted by Gasteiger charge is -2.24. The molecule has 10 heteroatoms. The highest BCUT2D eigenvalue weighted by Crippen LogP contribution is 2.26. The lowest BCUT2D eigenvalue weighted by atomic mass is 10.3. The maximum absolute atomic E-state index is 13.3. The van der Waals surface area contributed by atoms with Crippen LogP contribution in [-0.2, 0) is 14.8 Å². The van der Waals surface area contributed by atoms with Gasteiger partial charge in [0.2, 0.25) is 0 Å². The molecular formula is C21H20BrN3O5S. The molecule has 162 valence electrons. The first-order valence-corrected chi connectivity index (χ1v) is 11.5. The van der Waals surface area contributed by atoms with Crippen molar-refractivity contribution in [1.29, 1.82) is 0 Å². The molecule has 0 unspecified atom stereocenters. The highest BCUT2D eigenvalue weighted by Gasteiger charge is 2.27.